The monoisotopic (exact) mass is 501 g/mol. The first-order chi connectivity index (χ1) is 17.2. The fourth-order valence-corrected chi connectivity index (χ4v) is 3.80. The summed E-state index contributed by atoms with van der Waals surface area (Å²) in [5.41, 5.74) is 1.30. The number of nitrogens with zero attached hydrogens (tertiary/aromatic N) is 1. The Bertz CT molecular complexity index is 1040. The van der Waals surface area contributed by atoms with Crippen molar-refractivity contribution in [3.8, 4) is 0 Å². The van der Waals surface area contributed by atoms with Crippen molar-refractivity contribution in [2.45, 2.75) is 56.7 Å². The Morgan fingerprint density at radius 1 is 0.972 bits per heavy atom. The molecule has 11 heteroatoms. The molecule has 1 aromatic heterocycles. The van der Waals surface area contributed by atoms with Gasteiger partial charge in [-0.15, -0.1) is 0 Å². The van der Waals surface area contributed by atoms with Crippen molar-refractivity contribution in [2.75, 3.05) is 6.54 Å². The van der Waals surface area contributed by atoms with Crippen molar-refractivity contribution < 1.29 is 28.0 Å². The molecule has 0 spiro atoms. The average molecular weight is 502 g/mol. The third-order valence-electron chi connectivity index (χ3n) is 5.78. The van der Waals surface area contributed by atoms with Crippen molar-refractivity contribution in [3.63, 3.8) is 0 Å². The number of halogens is 2. The molecule has 0 saturated heterocycles. The molecule has 192 valence electrons. The summed E-state index contributed by atoms with van der Waals surface area (Å²) in [6.45, 7) is -0.408. The Morgan fingerprint density at radius 2 is 1.67 bits per heavy atom. The largest absolute Gasteiger partial charge is 0.344 e. The van der Waals surface area contributed by atoms with Gasteiger partial charge in [-0.2, -0.15) is 0 Å². The lowest BCUT2D eigenvalue weighted by atomic mass is 9.92. The summed E-state index contributed by atoms with van der Waals surface area (Å²) >= 11 is 0. The average Bonchev–Trinajstić information content (AvgIpc) is 2.87. The van der Waals surface area contributed by atoms with E-state index in [-0.39, 0.29) is 38.6 Å². The molecule has 3 rings (SSSR count). The summed E-state index contributed by atoms with van der Waals surface area (Å²) in [6.07, 6.45) is 1.33. The normalized spacial score (nSPS) is 15.8. The molecule has 1 heterocycles. The molecule has 0 aliphatic heterocycles. The van der Waals surface area contributed by atoms with Crippen LogP contribution in [0.4, 0.5) is 13.6 Å². The summed E-state index contributed by atoms with van der Waals surface area (Å²) in [7, 11) is 0. The van der Waals surface area contributed by atoms with Gasteiger partial charge >= 0.3 is 6.03 Å². The summed E-state index contributed by atoms with van der Waals surface area (Å²) in [5.74, 6) is -5.09. The molecule has 9 nitrogen and oxygen atoms in total. The van der Waals surface area contributed by atoms with E-state index in [1.54, 1.807) is 54.7 Å². The van der Waals surface area contributed by atoms with Crippen molar-refractivity contribution in [2.24, 2.45) is 0 Å². The second-order valence-corrected chi connectivity index (χ2v) is 8.64. The number of ketones is 1. The van der Waals surface area contributed by atoms with Crippen LogP contribution in [0.25, 0.3) is 0 Å². The first kappa shape index (κ1) is 26.7. The molecule has 2 aromatic rings. The zero-order valence-electron chi connectivity index (χ0n) is 19.6. The summed E-state index contributed by atoms with van der Waals surface area (Å²) in [6, 6.07) is 11.8. The predicted octanol–water partition coefficient (Wildman–Crippen LogP) is 1.87. The van der Waals surface area contributed by atoms with Gasteiger partial charge in [0.25, 0.3) is 5.91 Å². The van der Waals surface area contributed by atoms with Crippen LogP contribution in [0, 0.1) is 0 Å². The minimum atomic E-state index is -2.71. The van der Waals surface area contributed by atoms with Gasteiger partial charge in [-0.1, -0.05) is 36.4 Å². The van der Waals surface area contributed by atoms with Crippen LogP contribution in [0.3, 0.4) is 0 Å². The maximum Gasteiger partial charge on any atom is 0.315 e. The van der Waals surface area contributed by atoms with E-state index in [2.05, 4.69) is 26.3 Å². The van der Waals surface area contributed by atoms with Gasteiger partial charge < -0.3 is 21.3 Å². The molecular weight excluding hydrogens is 472 g/mol. The van der Waals surface area contributed by atoms with Gasteiger partial charge in [0, 0.05) is 31.5 Å². The smallest absolute Gasteiger partial charge is 0.315 e. The number of rotatable bonds is 10. The number of hydrogen-bond donors (Lipinski definition) is 4. The Balaban J connectivity index is 1.52. The topological polar surface area (TPSA) is 129 Å². The maximum atomic E-state index is 13.3. The number of Topliss-reactive ketones (excluding diaryl/α,β-unsaturated/α-hetero) is 1. The second kappa shape index (κ2) is 12.7. The predicted molar refractivity (Wildman–Crippen MR) is 127 cm³/mol. The molecule has 1 aliphatic carbocycles. The van der Waals surface area contributed by atoms with Crippen LogP contribution in [-0.4, -0.2) is 53.2 Å². The highest BCUT2D eigenvalue weighted by molar-refractivity contribution is 6.38. The van der Waals surface area contributed by atoms with E-state index in [0.717, 1.165) is 5.56 Å². The molecule has 1 aliphatic rings. The quantitative estimate of drug-likeness (QED) is 0.370. The highest BCUT2D eigenvalue weighted by Gasteiger charge is 2.35. The van der Waals surface area contributed by atoms with E-state index < -0.39 is 48.2 Å². The third-order valence-corrected chi connectivity index (χ3v) is 5.78. The number of aromatic nitrogens is 1. The van der Waals surface area contributed by atoms with Gasteiger partial charge in [0.15, 0.2) is 0 Å². The molecule has 36 heavy (non-hydrogen) atoms. The van der Waals surface area contributed by atoms with Crippen LogP contribution in [0.1, 0.15) is 36.9 Å². The third kappa shape index (κ3) is 8.71. The standard InChI is InChI=1S/C25H29F2N5O4/c26-25(27)11-9-18(10-12-25)31-24(36)30-16-21(33)32-20(14-17-6-2-1-3-7-17)22(34)23(35)29-15-19-8-4-5-13-28-19/h1-8,13,18,20H,9-12,14-16H2,(H,29,35)(H,32,33)(H2,30,31,36)/t20-/m1/s1. The van der Waals surface area contributed by atoms with E-state index in [1.807, 2.05) is 0 Å². The van der Waals surface area contributed by atoms with Crippen LogP contribution >= 0.6 is 0 Å². The van der Waals surface area contributed by atoms with Crippen LogP contribution in [0.15, 0.2) is 54.7 Å². The van der Waals surface area contributed by atoms with E-state index in [0.29, 0.717) is 5.69 Å². The fraction of sp³-hybridized carbons (Fsp3) is 0.400. The van der Waals surface area contributed by atoms with E-state index in [9.17, 15) is 28.0 Å². The number of nitrogens with one attached hydrogen (secondary N) is 4. The number of urea groups is 1. The summed E-state index contributed by atoms with van der Waals surface area (Å²) in [4.78, 5) is 54.0. The maximum absolute atomic E-state index is 13.3. The van der Waals surface area contributed by atoms with Crippen LogP contribution in [0.2, 0.25) is 0 Å². The van der Waals surface area contributed by atoms with E-state index in [1.165, 1.54) is 0 Å². The van der Waals surface area contributed by atoms with Gasteiger partial charge in [-0.05, 0) is 30.5 Å². The number of amides is 4. The van der Waals surface area contributed by atoms with Gasteiger partial charge in [0.1, 0.15) is 6.04 Å². The van der Waals surface area contributed by atoms with E-state index in [4.69, 9.17) is 0 Å². The first-order valence-electron chi connectivity index (χ1n) is 11.7. The molecule has 0 unspecified atom stereocenters. The molecule has 4 N–H and O–H groups in total. The van der Waals surface area contributed by atoms with Crippen molar-refractivity contribution in [3.05, 3.63) is 66.0 Å². The van der Waals surface area contributed by atoms with Crippen molar-refractivity contribution in [1.82, 2.24) is 26.3 Å². The molecule has 0 bridgehead atoms. The van der Waals surface area contributed by atoms with Gasteiger partial charge in [0.2, 0.25) is 17.6 Å². The Morgan fingerprint density at radius 3 is 2.33 bits per heavy atom. The number of benzene rings is 1. The highest BCUT2D eigenvalue weighted by Crippen LogP contribution is 2.32. The van der Waals surface area contributed by atoms with Crippen LogP contribution in [0.5, 0.6) is 0 Å². The molecule has 1 aromatic carbocycles. The van der Waals surface area contributed by atoms with Crippen molar-refractivity contribution >= 4 is 23.6 Å². The lowest BCUT2D eigenvalue weighted by Crippen LogP contribution is -2.52. The van der Waals surface area contributed by atoms with E-state index >= 15 is 0 Å². The SMILES string of the molecule is O=C(CNC(=O)NC1CCC(F)(F)CC1)N[C@H](Cc1ccccc1)C(=O)C(=O)NCc1ccccn1. The molecule has 1 fully saturated rings. The second-order valence-electron chi connectivity index (χ2n) is 8.64. The lowest BCUT2D eigenvalue weighted by Gasteiger charge is -2.28. The number of carbonyl (C=O) groups is 4. The van der Waals surface area contributed by atoms with Crippen molar-refractivity contribution in [1.29, 1.82) is 0 Å². The van der Waals surface area contributed by atoms with Gasteiger partial charge in [-0.25, -0.2) is 13.6 Å². The number of alkyl halides is 2. The lowest BCUT2D eigenvalue weighted by molar-refractivity contribution is -0.140. The first-order valence-corrected chi connectivity index (χ1v) is 11.7. The highest BCUT2D eigenvalue weighted by atomic mass is 19.3. The minimum Gasteiger partial charge on any atom is -0.344 e. The molecule has 1 saturated carbocycles. The minimum absolute atomic E-state index is 0.0479. The molecule has 1 atom stereocenters. The van der Waals surface area contributed by atoms with Gasteiger partial charge in [-0.3, -0.25) is 19.4 Å². The number of pyridine rings is 1. The summed E-state index contributed by atoms with van der Waals surface area (Å²) < 4.78 is 26.5. The number of carbonyl (C=O) groups excluding carboxylic acids is 4. The molecular formula is C25H29F2N5O4. The Kier molecular flexibility index (Phi) is 9.43. The van der Waals surface area contributed by atoms with Gasteiger partial charge in [0.05, 0.1) is 18.8 Å². The fourth-order valence-electron chi connectivity index (χ4n) is 3.80. The van der Waals surface area contributed by atoms with Crippen LogP contribution in [-0.2, 0) is 27.3 Å². The molecule has 0 radical (unpaired) electrons. The van der Waals surface area contributed by atoms with Crippen LogP contribution < -0.4 is 21.3 Å². The number of hydrogen-bond acceptors (Lipinski definition) is 5. The summed E-state index contributed by atoms with van der Waals surface area (Å²) in [5, 5.41) is 9.95. The zero-order valence-corrected chi connectivity index (χ0v) is 19.6. The molecule has 4 amide bonds. The Labute approximate surface area is 207 Å². The Hall–Kier alpha value is -3.89. The zero-order chi connectivity index (χ0) is 26.0.